The molecule has 0 aromatic heterocycles. The van der Waals surface area contributed by atoms with Crippen molar-refractivity contribution in [3.05, 3.63) is 35.9 Å². The number of piperidine rings is 1. The molecule has 0 saturated carbocycles. The van der Waals surface area contributed by atoms with Gasteiger partial charge in [-0.25, -0.2) is 12.7 Å². The fourth-order valence-electron chi connectivity index (χ4n) is 3.06. The Balaban J connectivity index is 1.95. The molecule has 0 aliphatic carbocycles. The van der Waals surface area contributed by atoms with Gasteiger partial charge in [-0.1, -0.05) is 43.7 Å². The van der Waals surface area contributed by atoms with Crippen molar-refractivity contribution in [1.82, 2.24) is 9.62 Å². The highest BCUT2D eigenvalue weighted by Gasteiger charge is 2.28. The molecule has 0 bridgehead atoms. The molecule has 23 heavy (non-hydrogen) atoms. The maximum absolute atomic E-state index is 12.6. The lowest BCUT2D eigenvalue weighted by Crippen LogP contribution is -2.47. The molecule has 0 radical (unpaired) electrons. The smallest absolute Gasteiger partial charge is 0.227 e. The number of benzene rings is 1. The minimum Gasteiger partial charge on any atom is -0.353 e. The number of hydrogen-bond acceptors (Lipinski definition) is 3. The van der Waals surface area contributed by atoms with Crippen LogP contribution in [0.1, 0.15) is 44.1 Å². The van der Waals surface area contributed by atoms with Gasteiger partial charge in [-0.2, -0.15) is 0 Å². The van der Waals surface area contributed by atoms with Gasteiger partial charge in [-0.3, -0.25) is 4.79 Å². The summed E-state index contributed by atoms with van der Waals surface area (Å²) in [4.78, 5) is 12.6. The van der Waals surface area contributed by atoms with E-state index in [1.54, 1.807) is 0 Å². The maximum Gasteiger partial charge on any atom is 0.227 e. The molecule has 1 atom stereocenters. The quantitative estimate of drug-likeness (QED) is 0.864. The van der Waals surface area contributed by atoms with Crippen LogP contribution in [0.4, 0.5) is 0 Å². The molecule has 1 aromatic rings. The fourth-order valence-corrected chi connectivity index (χ4v) is 3.93. The fraction of sp³-hybridized carbons (Fsp3) is 0.588. The second kappa shape index (κ2) is 7.93. The summed E-state index contributed by atoms with van der Waals surface area (Å²) in [6.45, 7) is 3.04. The number of rotatable bonds is 6. The molecule has 1 saturated heterocycles. The van der Waals surface area contributed by atoms with Crippen LogP contribution in [0.3, 0.4) is 0 Å². The third-order valence-electron chi connectivity index (χ3n) is 4.37. The molecule has 0 spiro atoms. The van der Waals surface area contributed by atoms with Crippen LogP contribution in [0, 0.1) is 0 Å². The molecular formula is C17H26N2O3S. The summed E-state index contributed by atoms with van der Waals surface area (Å²) in [5.74, 6) is -0.0787. The Morgan fingerprint density at radius 2 is 1.87 bits per heavy atom. The topological polar surface area (TPSA) is 66.5 Å². The van der Waals surface area contributed by atoms with E-state index >= 15 is 0 Å². The average molecular weight is 338 g/mol. The van der Waals surface area contributed by atoms with E-state index in [1.807, 2.05) is 30.3 Å². The SMILES string of the molecule is CCC[C@H](C(=O)NC1CCN(S(C)(=O)=O)CC1)c1ccccc1. The summed E-state index contributed by atoms with van der Waals surface area (Å²) in [6, 6.07) is 9.90. The molecule has 6 heteroatoms. The average Bonchev–Trinajstić information content (AvgIpc) is 2.53. The van der Waals surface area contributed by atoms with Crippen molar-refractivity contribution in [1.29, 1.82) is 0 Å². The number of amides is 1. The monoisotopic (exact) mass is 338 g/mol. The number of nitrogens with one attached hydrogen (secondary N) is 1. The van der Waals surface area contributed by atoms with Gasteiger partial charge < -0.3 is 5.32 Å². The zero-order chi connectivity index (χ0) is 16.9. The molecule has 2 rings (SSSR count). The van der Waals surface area contributed by atoms with Crippen LogP contribution >= 0.6 is 0 Å². The molecule has 1 fully saturated rings. The third-order valence-corrected chi connectivity index (χ3v) is 5.67. The van der Waals surface area contributed by atoms with Crippen molar-refractivity contribution < 1.29 is 13.2 Å². The Kier molecular flexibility index (Phi) is 6.18. The number of nitrogens with zero attached hydrogens (tertiary/aromatic N) is 1. The van der Waals surface area contributed by atoms with Gasteiger partial charge >= 0.3 is 0 Å². The molecule has 1 heterocycles. The minimum absolute atomic E-state index is 0.0517. The van der Waals surface area contributed by atoms with Crippen molar-refractivity contribution in [2.75, 3.05) is 19.3 Å². The van der Waals surface area contributed by atoms with Crippen LogP contribution in [0.15, 0.2) is 30.3 Å². The standard InChI is InChI=1S/C17H26N2O3S/c1-3-7-16(14-8-5-4-6-9-14)17(20)18-15-10-12-19(13-11-15)23(2,21)22/h4-6,8-9,15-16H,3,7,10-13H2,1-2H3,(H,18,20)/t16-/m0/s1. The first-order valence-corrected chi connectivity index (χ1v) is 10.1. The lowest BCUT2D eigenvalue weighted by molar-refractivity contribution is -0.123. The van der Waals surface area contributed by atoms with Crippen LogP contribution in [0.25, 0.3) is 0 Å². The zero-order valence-electron chi connectivity index (χ0n) is 13.9. The third kappa shape index (κ3) is 5.04. The van der Waals surface area contributed by atoms with Crippen LogP contribution in [0.5, 0.6) is 0 Å². The molecule has 1 aliphatic heterocycles. The summed E-state index contributed by atoms with van der Waals surface area (Å²) in [5.41, 5.74) is 1.04. The molecule has 1 aromatic carbocycles. The van der Waals surface area contributed by atoms with Gasteiger partial charge in [-0.05, 0) is 24.8 Å². The number of hydrogen-bond donors (Lipinski definition) is 1. The molecule has 0 unspecified atom stereocenters. The van der Waals surface area contributed by atoms with Crippen molar-refractivity contribution in [3.8, 4) is 0 Å². The van der Waals surface area contributed by atoms with Crippen LogP contribution in [0.2, 0.25) is 0 Å². The highest BCUT2D eigenvalue weighted by atomic mass is 32.2. The number of carbonyl (C=O) groups excluding carboxylic acids is 1. The zero-order valence-corrected chi connectivity index (χ0v) is 14.7. The summed E-state index contributed by atoms with van der Waals surface area (Å²) in [7, 11) is -3.13. The van der Waals surface area contributed by atoms with Crippen LogP contribution < -0.4 is 5.32 Å². The first-order valence-electron chi connectivity index (χ1n) is 8.22. The largest absolute Gasteiger partial charge is 0.353 e. The van der Waals surface area contributed by atoms with E-state index in [9.17, 15) is 13.2 Å². The normalized spacial score (nSPS) is 18.5. The molecular weight excluding hydrogens is 312 g/mol. The van der Waals surface area contributed by atoms with Gasteiger partial charge in [0.05, 0.1) is 12.2 Å². The Morgan fingerprint density at radius 3 is 2.39 bits per heavy atom. The predicted octanol–water partition coefficient (Wildman–Crippen LogP) is 2.11. The van der Waals surface area contributed by atoms with E-state index in [-0.39, 0.29) is 17.9 Å². The van der Waals surface area contributed by atoms with Crippen molar-refractivity contribution >= 4 is 15.9 Å². The van der Waals surface area contributed by atoms with E-state index in [1.165, 1.54) is 10.6 Å². The summed E-state index contributed by atoms with van der Waals surface area (Å²) in [5, 5.41) is 3.11. The lowest BCUT2D eigenvalue weighted by atomic mass is 9.93. The van der Waals surface area contributed by atoms with Gasteiger partial charge in [0.15, 0.2) is 0 Å². The van der Waals surface area contributed by atoms with E-state index < -0.39 is 10.0 Å². The number of sulfonamides is 1. The van der Waals surface area contributed by atoms with E-state index in [0.29, 0.717) is 25.9 Å². The van der Waals surface area contributed by atoms with Gasteiger partial charge in [0.25, 0.3) is 0 Å². The second-order valence-corrected chi connectivity index (χ2v) is 8.18. The lowest BCUT2D eigenvalue weighted by Gasteiger charge is -2.31. The van der Waals surface area contributed by atoms with Gasteiger partial charge in [0.2, 0.25) is 15.9 Å². The Hall–Kier alpha value is -1.40. The summed E-state index contributed by atoms with van der Waals surface area (Å²) < 4.78 is 24.5. The molecule has 5 nitrogen and oxygen atoms in total. The molecule has 1 aliphatic rings. The second-order valence-electron chi connectivity index (χ2n) is 6.20. The summed E-state index contributed by atoms with van der Waals surface area (Å²) >= 11 is 0. The first-order chi connectivity index (χ1) is 10.9. The van der Waals surface area contributed by atoms with Crippen molar-refractivity contribution in [2.45, 2.75) is 44.6 Å². The first kappa shape index (κ1) is 17.9. The Bertz CT molecular complexity index is 608. The summed E-state index contributed by atoms with van der Waals surface area (Å²) in [6.07, 6.45) is 4.34. The van der Waals surface area contributed by atoms with Crippen molar-refractivity contribution in [2.24, 2.45) is 0 Å². The van der Waals surface area contributed by atoms with Gasteiger partial charge in [-0.15, -0.1) is 0 Å². The van der Waals surface area contributed by atoms with Crippen molar-refractivity contribution in [3.63, 3.8) is 0 Å². The molecule has 128 valence electrons. The van der Waals surface area contributed by atoms with Crippen LogP contribution in [-0.4, -0.2) is 44.0 Å². The van der Waals surface area contributed by atoms with E-state index in [0.717, 1.165) is 18.4 Å². The molecule has 1 amide bonds. The maximum atomic E-state index is 12.6. The predicted molar refractivity (Wildman–Crippen MR) is 91.7 cm³/mol. The van der Waals surface area contributed by atoms with E-state index in [4.69, 9.17) is 0 Å². The van der Waals surface area contributed by atoms with Gasteiger partial charge in [0.1, 0.15) is 0 Å². The van der Waals surface area contributed by atoms with Crippen LogP contribution in [-0.2, 0) is 14.8 Å². The Labute approximate surface area is 139 Å². The van der Waals surface area contributed by atoms with E-state index in [2.05, 4.69) is 12.2 Å². The Morgan fingerprint density at radius 1 is 1.26 bits per heavy atom. The highest BCUT2D eigenvalue weighted by molar-refractivity contribution is 7.88. The van der Waals surface area contributed by atoms with Gasteiger partial charge in [0, 0.05) is 19.1 Å². The highest BCUT2D eigenvalue weighted by Crippen LogP contribution is 2.22. The minimum atomic E-state index is -3.13. The number of carbonyl (C=O) groups is 1. The molecule has 1 N–H and O–H groups in total.